The van der Waals surface area contributed by atoms with Gasteiger partial charge in [0.25, 0.3) is 0 Å². The quantitative estimate of drug-likeness (QED) is 0.720. The lowest BCUT2D eigenvalue weighted by Gasteiger charge is -2.29. The number of halogens is 3. The Morgan fingerprint density at radius 3 is 2.81 bits per heavy atom. The minimum absolute atomic E-state index is 0.0376. The molecule has 136 valence electrons. The van der Waals surface area contributed by atoms with Gasteiger partial charge in [-0.1, -0.05) is 0 Å². The molecule has 2 aliphatic rings. The fourth-order valence-corrected chi connectivity index (χ4v) is 3.91. The van der Waals surface area contributed by atoms with Gasteiger partial charge in [-0.25, -0.2) is 18.5 Å². The highest BCUT2D eigenvalue weighted by Crippen LogP contribution is 2.41. The molecule has 4 rings (SSSR count). The first-order chi connectivity index (χ1) is 12.4. The predicted octanol–water partition coefficient (Wildman–Crippen LogP) is 4.69. The molecule has 1 saturated carbocycles. The molecular formula is C18H17BrF2N4O. The normalized spacial score (nSPS) is 20.0. The van der Waals surface area contributed by atoms with Crippen LogP contribution in [0.3, 0.4) is 0 Å². The lowest BCUT2D eigenvalue weighted by Crippen LogP contribution is -2.27. The van der Waals surface area contributed by atoms with Gasteiger partial charge in [0.2, 0.25) is 5.92 Å². The third-order valence-electron chi connectivity index (χ3n) is 4.94. The maximum atomic E-state index is 13.4. The van der Waals surface area contributed by atoms with Crippen LogP contribution in [0, 0.1) is 0 Å². The molecule has 1 aliphatic carbocycles. The van der Waals surface area contributed by atoms with Gasteiger partial charge in [-0.15, -0.1) is 0 Å². The van der Waals surface area contributed by atoms with E-state index in [-0.39, 0.29) is 31.1 Å². The van der Waals surface area contributed by atoms with Crippen molar-refractivity contribution in [2.45, 2.75) is 50.5 Å². The summed E-state index contributed by atoms with van der Waals surface area (Å²) >= 11 is 3.46. The van der Waals surface area contributed by atoms with Gasteiger partial charge in [0.1, 0.15) is 0 Å². The lowest BCUT2D eigenvalue weighted by molar-refractivity contribution is -0.0448. The van der Waals surface area contributed by atoms with Crippen molar-refractivity contribution in [3.63, 3.8) is 0 Å². The minimum atomic E-state index is -2.60. The van der Waals surface area contributed by atoms with E-state index < -0.39 is 5.92 Å². The highest BCUT2D eigenvalue weighted by molar-refractivity contribution is 9.10. The van der Waals surface area contributed by atoms with E-state index in [1.807, 2.05) is 12.1 Å². The van der Waals surface area contributed by atoms with Crippen LogP contribution in [0.5, 0.6) is 0 Å². The zero-order valence-electron chi connectivity index (χ0n) is 14.0. The van der Waals surface area contributed by atoms with E-state index >= 15 is 0 Å². The van der Waals surface area contributed by atoms with Gasteiger partial charge in [-0.05, 0) is 40.9 Å². The maximum absolute atomic E-state index is 13.4. The highest BCUT2D eigenvalue weighted by atomic mass is 79.9. The fourth-order valence-electron chi connectivity index (χ4n) is 3.51. The summed E-state index contributed by atoms with van der Waals surface area (Å²) in [5, 5.41) is 4.30. The average molecular weight is 423 g/mol. The number of fused-ring (bicyclic) bond motifs is 1. The molecular weight excluding hydrogens is 406 g/mol. The Labute approximate surface area is 157 Å². The summed E-state index contributed by atoms with van der Waals surface area (Å²) in [5.74, 6) is -2.14. The molecule has 0 amide bonds. The summed E-state index contributed by atoms with van der Waals surface area (Å²) in [4.78, 5) is 21.5. The summed E-state index contributed by atoms with van der Waals surface area (Å²) in [6, 6.07) is 3.58. The monoisotopic (exact) mass is 422 g/mol. The molecule has 0 aromatic carbocycles. The van der Waals surface area contributed by atoms with E-state index in [9.17, 15) is 13.6 Å². The zero-order valence-corrected chi connectivity index (χ0v) is 15.5. The third-order valence-corrected chi connectivity index (χ3v) is 5.66. The van der Waals surface area contributed by atoms with Crippen LogP contribution in [0.15, 0.2) is 34.0 Å². The molecule has 1 aliphatic heterocycles. The molecule has 0 radical (unpaired) electrons. The summed E-state index contributed by atoms with van der Waals surface area (Å²) < 4.78 is 29.4. The first-order valence-electron chi connectivity index (χ1n) is 8.57. The van der Waals surface area contributed by atoms with Gasteiger partial charge in [-0.3, -0.25) is 9.78 Å². The van der Waals surface area contributed by atoms with Crippen molar-refractivity contribution < 1.29 is 13.6 Å². The second-order valence-corrected chi connectivity index (χ2v) is 7.65. The van der Waals surface area contributed by atoms with Crippen LogP contribution >= 0.6 is 15.9 Å². The van der Waals surface area contributed by atoms with Crippen molar-refractivity contribution in [3.05, 3.63) is 40.3 Å². The highest BCUT2D eigenvalue weighted by Gasteiger charge is 2.37. The van der Waals surface area contributed by atoms with E-state index in [0.29, 0.717) is 36.4 Å². The van der Waals surface area contributed by atoms with Gasteiger partial charge in [0.15, 0.2) is 11.6 Å². The molecule has 0 unspecified atom stereocenters. The maximum Gasteiger partial charge on any atom is 0.248 e. The van der Waals surface area contributed by atoms with Crippen molar-refractivity contribution in [1.29, 1.82) is 0 Å². The van der Waals surface area contributed by atoms with E-state index in [4.69, 9.17) is 0 Å². The first kappa shape index (κ1) is 17.5. The summed E-state index contributed by atoms with van der Waals surface area (Å²) in [6.45, 7) is 0. The number of Topliss-reactive ketones (excluding diaryl/α,β-unsaturated/α-hetero) is 1. The number of carbonyl (C=O) groups excluding carboxylic acids is 1. The zero-order chi connectivity index (χ0) is 18.3. The minimum Gasteiger partial charge on any atom is -0.294 e. The smallest absolute Gasteiger partial charge is 0.248 e. The molecule has 0 N–H and O–H groups in total. The van der Waals surface area contributed by atoms with Gasteiger partial charge in [0.05, 0.1) is 29.9 Å². The second kappa shape index (κ2) is 6.64. The summed E-state index contributed by atoms with van der Waals surface area (Å²) in [5.41, 5.74) is 2.00. The molecule has 0 saturated heterocycles. The number of nitrogens with zero attached hydrogens (tertiary/aromatic N) is 4. The average Bonchev–Trinajstić information content (AvgIpc) is 3.01. The Hall–Kier alpha value is -1.96. The fraction of sp³-hybridized carbons (Fsp3) is 0.444. The molecule has 5 nitrogen and oxygen atoms in total. The van der Waals surface area contributed by atoms with Crippen molar-refractivity contribution in [2.75, 3.05) is 0 Å². The molecule has 0 atom stereocenters. The molecule has 0 bridgehead atoms. The Morgan fingerprint density at radius 1 is 1.31 bits per heavy atom. The lowest BCUT2D eigenvalue weighted by atomic mass is 9.92. The van der Waals surface area contributed by atoms with E-state index in [1.54, 1.807) is 10.9 Å². The Balaban J connectivity index is 1.62. The van der Waals surface area contributed by atoms with Crippen LogP contribution in [0.2, 0.25) is 0 Å². The predicted molar refractivity (Wildman–Crippen MR) is 96.4 cm³/mol. The van der Waals surface area contributed by atoms with Crippen LogP contribution in [-0.4, -0.2) is 32.2 Å². The van der Waals surface area contributed by atoms with E-state index in [2.05, 4.69) is 31.0 Å². The SMILES string of the molecule is O=C1CC(Cc2ncccc2Br)=Nc2c1cnn2C1CCC(F)(F)CC1. The Bertz CT molecular complexity index is 883. The number of ketones is 1. The Kier molecular flexibility index (Phi) is 4.46. The standard InChI is InChI=1S/C18H17BrF2N4O/c19-14-2-1-7-22-15(14)8-11-9-16(26)13-10-23-25(17(13)24-11)12-3-5-18(20,21)6-4-12/h1-2,7,10,12H,3-6,8-9H2. The number of hydrogen-bond acceptors (Lipinski definition) is 4. The van der Waals surface area contributed by atoms with Crippen LogP contribution in [0.1, 0.15) is 54.2 Å². The number of aliphatic imine (C=N–C) groups is 1. The van der Waals surface area contributed by atoms with Crippen LogP contribution in [0.4, 0.5) is 14.6 Å². The van der Waals surface area contributed by atoms with Crippen molar-refractivity contribution >= 4 is 33.2 Å². The van der Waals surface area contributed by atoms with Crippen LogP contribution in [0.25, 0.3) is 0 Å². The van der Waals surface area contributed by atoms with Crippen molar-refractivity contribution in [3.8, 4) is 0 Å². The topological polar surface area (TPSA) is 60.1 Å². The molecule has 3 heterocycles. The van der Waals surface area contributed by atoms with Crippen molar-refractivity contribution in [1.82, 2.24) is 14.8 Å². The molecule has 2 aromatic rings. The van der Waals surface area contributed by atoms with E-state index in [1.165, 1.54) is 6.20 Å². The number of aromatic nitrogens is 3. The van der Waals surface area contributed by atoms with Gasteiger partial charge < -0.3 is 0 Å². The van der Waals surface area contributed by atoms with Gasteiger partial charge in [0, 0.05) is 35.6 Å². The van der Waals surface area contributed by atoms with E-state index in [0.717, 1.165) is 10.2 Å². The molecule has 1 fully saturated rings. The summed E-state index contributed by atoms with van der Waals surface area (Å²) in [6.07, 6.45) is 4.27. The number of rotatable bonds is 3. The largest absolute Gasteiger partial charge is 0.294 e. The molecule has 26 heavy (non-hydrogen) atoms. The van der Waals surface area contributed by atoms with Crippen LogP contribution < -0.4 is 0 Å². The second-order valence-electron chi connectivity index (χ2n) is 6.80. The van der Waals surface area contributed by atoms with Crippen LogP contribution in [-0.2, 0) is 6.42 Å². The molecule has 0 spiro atoms. The molecule has 8 heteroatoms. The first-order valence-corrected chi connectivity index (χ1v) is 9.36. The van der Waals surface area contributed by atoms with Crippen molar-refractivity contribution in [2.24, 2.45) is 4.99 Å². The Morgan fingerprint density at radius 2 is 2.08 bits per heavy atom. The third kappa shape index (κ3) is 3.34. The number of pyridine rings is 1. The number of hydrogen-bond donors (Lipinski definition) is 0. The number of alkyl halides is 2. The van der Waals surface area contributed by atoms with Gasteiger partial charge >= 0.3 is 0 Å². The van der Waals surface area contributed by atoms with Gasteiger partial charge in [-0.2, -0.15) is 5.10 Å². The number of carbonyl (C=O) groups is 1. The molecule has 2 aromatic heterocycles. The summed E-state index contributed by atoms with van der Waals surface area (Å²) in [7, 11) is 0.